The van der Waals surface area contributed by atoms with Crippen molar-refractivity contribution in [3.63, 3.8) is 0 Å². The molecule has 24 heteroatoms. The summed E-state index contributed by atoms with van der Waals surface area (Å²) in [4.78, 5) is 85.8. The van der Waals surface area contributed by atoms with Gasteiger partial charge in [-0.15, -0.1) is 0 Å². The number of carbonyl (C=O) groups is 7. The number of amides is 4. The SMILES string of the molecule is C/C(=N\NC(=O)c1cc2ccccc2cc1O)C1C(=O)c2ccccc2C1=O.COC(=O)c1ccc(O)c(/C=N/NC(=O)c2cc3ccccc3cc2O)c1.O=C(N/N=C/c1cc(O)ccc1O)c1cc2ccccc2cc1O.O=C(N/N=C/c1cc2ccccc2cc1O)c1cc2ccccc2cc1O. The number of esters is 1. The van der Waals surface area contributed by atoms with Gasteiger partial charge in [-0.3, -0.25) is 28.8 Å². The number of benzene rings is 13. The van der Waals surface area contributed by atoms with Crippen molar-refractivity contribution in [3.8, 4) is 46.0 Å². The Labute approximate surface area is 602 Å². The number of rotatable bonds is 13. The van der Waals surface area contributed by atoms with E-state index in [-0.39, 0.29) is 102 Å². The van der Waals surface area contributed by atoms with Crippen molar-refractivity contribution in [3.05, 3.63) is 298 Å². The Bertz CT molecular complexity index is 5760. The van der Waals surface area contributed by atoms with Crippen molar-refractivity contribution in [1.82, 2.24) is 21.7 Å². The minimum atomic E-state index is -1.04. The third kappa shape index (κ3) is 16.9. The molecule has 0 radical (unpaired) electrons. The van der Waals surface area contributed by atoms with Gasteiger partial charge in [0.1, 0.15) is 51.9 Å². The van der Waals surface area contributed by atoms with E-state index in [0.29, 0.717) is 16.7 Å². The number of hydrogen-bond donors (Lipinski definition) is 12. The van der Waals surface area contributed by atoms with Gasteiger partial charge in [0.15, 0.2) is 11.6 Å². The third-order valence-corrected chi connectivity index (χ3v) is 16.6. The quantitative estimate of drug-likeness (QED) is 0.0168. The normalized spacial score (nSPS) is 11.9. The second-order valence-electron chi connectivity index (χ2n) is 23.6. The number of Topliss-reactive ketones (excluding diaryl/α,β-unsaturated/α-hetero) is 2. The molecule has 0 saturated carbocycles. The maximum absolute atomic E-state index is 12.5. The van der Waals surface area contributed by atoms with Gasteiger partial charge in [-0.1, -0.05) is 146 Å². The molecule has 0 spiro atoms. The average molecular weight is 1420 g/mol. The fourth-order valence-corrected chi connectivity index (χ4v) is 11.2. The van der Waals surface area contributed by atoms with Crippen LogP contribution in [0.3, 0.4) is 0 Å². The highest BCUT2D eigenvalue weighted by atomic mass is 16.5. The molecular formula is C82H62N8O16. The standard InChI is InChI=1S/C22H16N2O4.C22H16N2O3.C20H16N2O5.C18H14N2O4/c1-12(19-20(26)15-8-4-5-9-16(15)21(19)27)23-24-22(28)17-10-13-6-2-3-7-14(13)11-18(17)25;25-20-11-16-7-3-1-5-14(16)9-18(20)13-23-24-22(27)19-10-15-6-2-4-8-17(15)12-21(19)26;1-27-20(26)14-6-7-17(23)15(8-14)11-21-22-19(25)16-9-12-4-2-3-5-13(12)10-18(16)24;21-14-5-6-16(22)13(7-14)10-19-20-18(24)15-8-11-3-1-2-4-12(11)9-17(15)23/h2-11,19,25H,1H3,(H,24,28);1-13,25-26H,(H,24,27);2-11,23-24H,1H3,(H,22,25);1-10,21-23H,(H,20,24)/b23-12+;23-13+;21-11+;19-10+. The Hall–Kier alpha value is -15.1. The first-order valence-corrected chi connectivity index (χ1v) is 32.2. The molecule has 12 N–H and O–H groups in total. The van der Waals surface area contributed by atoms with Crippen molar-refractivity contribution >= 4 is 119 Å². The number of ether oxygens (including phenoxy) is 1. The number of carbonyl (C=O) groups excluding carboxylic acids is 7. The summed E-state index contributed by atoms with van der Waals surface area (Å²) >= 11 is 0. The number of hydrogen-bond acceptors (Lipinski definition) is 20. The van der Waals surface area contributed by atoms with E-state index >= 15 is 0 Å². The fraction of sp³-hybridized carbons (Fsp3) is 0.0366. The van der Waals surface area contributed by atoms with Gasteiger partial charge in [-0.2, -0.15) is 20.4 Å². The van der Waals surface area contributed by atoms with Crippen molar-refractivity contribution in [2.45, 2.75) is 6.92 Å². The predicted molar refractivity (Wildman–Crippen MR) is 402 cm³/mol. The lowest BCUT2D eigenvalue weighted by molar-refractivity contribution is 0.0599. The van der Waals surface area contributed by atoms with E-state index < -0.39 is 35.5 Å². The van der Waals surface area contributed by atoms with Crippen LogP contribution >= 0.6 is 0 Å². The van der Waals surface area contributed by atoms with Crippen LogP contribution in [0.4, 0.5) is 0 Å². The largest absolute Gasteiger partial charge is 0.508 e. The van der Waals surface area contributed by atoms with Crippen LogP contribution in [0.1, 0.15) is 96.1 Å². The third-order valence-electron chi connectivity index (χ3n) is 16.6. The summed E-state index contributed by atoms with van der Waals surface area (Å²) in [6, 6.07) is 67.5. The van der Waals surface area contributed by atoms with E-state index in [2.05, 4.69) is 46.8 Å². The molecule has 14 rings (SSSR count). The van der Waals surface area contributed by atoms with Crippen molar-refractivity contribution in [2.75, 3.05) is 7.11 Å². The number of nitrogens with one attached hydrogen (secondary N) is 4. The molecule has 0 fully saturated rings. The zero-order valence-electron chi connectivity index (χ0n) is 56.0. The molecule has 0 aliphatic heterocycles. The van der Waals surface area contributed by atoms with Crippen LogP contribution in [0.5, 0.6) is 46.0 Å². The first kappa shape index (κ1) is 72.2. The maximum atomic E-state index is 12.5. The first-order chi connectivity index (χ1) is 51.1. The van der Waals surface area contributed by atoms with Crippen LogP contribution in [-0.2, 0) is 4.74 Å². The summed E-state index contributed by atoms with van der Waals surface area (Å²) < 4.78 is 4.62. The van der Waals surface area contributed by atoms with Gasteiger partial charge in [-0.05, 0) is 158 Å². The summed E-state index contributed by atoms with van der Waals surface area (Å²) in [5.74, 6) is -5.40. The summed E-state index contributed by atoms with van der Waals surface area (Å²) in [6.07, 6.45) is 3.76. The van der Waals surface area contributed by atoms with Gasteiger partial charge in [-0.25, -0.2) is 26.5 Å². The Morgan fingerprint density at radius 3 is 0.991 bits per heavy atom. The van der Waals surface area contributed by atoms with Crippen LogP contribution in [0.25, 0.3) is 53.9 Å². The second-order valence-corrected chi connectivity index (χ2v) is 23.6. The molecule has 13 aromatic carbocycles. The van der Waals surface area contributed by atoms with Crippen LogP contribution in [-0.4, -0.2) is 113 Å². The van der Waals surface area contributed by atoms with E-state index in [0.717, 1.165) is 53.9 Å². The second kappa shape index (κ2) is 32.5. The Morgan fingerprint density at radius 2 is 0.632 bits per heavy atom. The van der Waals surface area contributed by atoms with Crippen molar-refractivity contribution in [2.24, 2.45) is 26.3 Å². The number of ketones is 2. The van der Waals surface area contributed by atoms with Crippen molar-refractivity contribution < 1.29 is 79.2 Å². The molecule has 4 amide bonds. The van der Waals surface area contributed by atoms with Gasteiger partial charge in [0, 0.05) is 27.8 Å². The molecule has 0 aromatic heterocycles. The zero-order valence-corrected chi connectivity index (χ0v) is 56.0. The van der Waals surface area contributed by atoms with Crippen molar-refractivity contribution in [1.29, 1.82) is 0 Å². The average Bonchev–Trinajstić information content (AvgIpc) is 1.65. The Morgan fingerprint density at radius 1 is 0.340 bits per heavy atom. The number of phenols is 8. The van der Waals surface area contributed by atoms with Crippen LogP contribution < -0.4 is 21.7 Å². The first-order valence-electron chi connectivity index (χ1n) is 32.2. The minimum Gasteiger partial charge on any atom is -0.508 e. The number of phenolic OH excluding ortho intramolecular Hbond substituents is 8. The number of methoxy groups -OCH3 is 1. The highest BCUT2D eigenvalue weighted by Gasteiger charge is 2.40. The lowest BCUT2D eigenvalue weighted by Gasteiger charge is -2.09. The number of aromatic hydroxyl groups is 8. The van der Waals surface area contributed by atoms with Gasteiger partial charge in [0.05, 0.1) is 59.3 Å². The van der Waals surface area contributed by atoms with E-state index in [9.17, 15) is 74.4 Å². The van der Waals surface area contributed by atoms with Crippen LogP contribution in [0, 0.1) is 5.92 Å². The molecule has 0 heterocycles. The fourth-order valence-electron chi connectivity index (χ4n) is 11.2. The molecule has 13 aromatic rings. The van der Waals surface area contributed by atoms with E-state index in [1.807, 2.05) is 121 Å². The summed E-state index contributed by atoms with van der Waals surface area (Å²) in [5, 5.41) is 103. The molecule has 1 aliphatic rings. The smallest absolute Gasteiger partial charge is 0.337 e. The minimum absolute atomic E-state index is 0.0345. The lowest BCUT2D eigenvalue weighted by Crippen LogP contribution is -2.27. The van der Waals surface area contributed by atoms with Gasteiger partial charge >= 0.3 is 5.97 Å². The topological polar surface area (TPSA) is 388 Å². The number of fused-ring (bicyclic) bond motifs is 6. The summed E-state index contributed by atoms with van der Waals surface area (Å²) in [6.45, 7) is 1.52. The van der Waals surface area contributed by atoms with E-state index in [1.54, 1.807) is 66.7 Å². The van der Waals surface area contributed by atoms with E-state index in [1.165, 1.54) is 87.3 Å². The molecule has 106 heavy (non-hydrogen) atoms. The highest BCUT2D eigenvalue weighted by molar-refractivity contribution is 6.36. The molecule has 0 atom stereocenters. The molecule has 526 valence electrons. The highest BCUT2D eigenvalue weighted by Crippen LogP contribution is 2.32. The molecule has 24 nitrogen and oxygen atoms in total. The zero-order chi connectivity index (χ0) is 75.1. The van der Waals surface area contributed by atoms with Crippen LogP contribution in [0.15, 0.2) is 263 Å². The number of hydrazone groups is 4. The molecule has 1 aliphatic carbocycles. The van der Waals surface area contributed by atoms with E-state index in [4.69, 9.17) is 0 Å². The lowest BCUT2D eigenvalue weighted by atomic mass is 9.99. The monoisotopic (exact) mass is 1410 g/mol. The summed E-state index contributed by atoms with van der Waals surface area (Å²) in [7, 11) is 1.25. The predicted octanol–water partition coefficient (Wildman–Crippen LogP) is 13.0. The van der Waals surface area contributed by atoms with Gasteiger partial charge < -0.3 is 45.6 Å². The Balaban J connectivity index is 0.000000141. The van der Waals surface area contributed by atoms with Gasteiger partial charge in [0.2, 0.25) is 0 Å². The molecule has 0 saturated heterocycles. The summed E-state index contributed by atoms with van der Waals surface area (Å²) in [5.41, 5.74) is 11.7. The molecule has 0 bridgehead atoms. The molecular weight excluding hydrogens is 1350 g/mol. The molecule has 0 unspecified atom stereocenters. The van der Waals surface area contributed by atoms with Gasteiger partial charge in [0.25, 0.3) is 23.6 Å². The maximum Gasteiger partial charge on any atom is 0.337 e. The number of nitrogens with zero attached hydrogens (tertiary/aromatic N) is 4. The van der Waals surface area contributed by atoms with Crippen LogP contribution in [0.2, 0.25) is 0 Å². The Kier molecular flexibility index (Phi) is 22.1.